The van der Waals surface area contributed by atoms with Gasteiger partial charge in [-0.05, 0) is 13.3 Å². The molecule has 0 spiro atoms. The van der Waals surface area contributed by atoms with Crippen molar-refractivity contribution in [3.63, 3.8) is 0 Å². The van der Waals surface area contributed by atoms with Crippen molar-refractivity contribution in [2.75, 3.05) is 13.2 Å². The van der Waals surface area contributed by atoms with Crippen LogP contribution in [-0.4, -0.2) is 63.7 Å². The molecule has 1 rings (SSSR count). The Bertz CT molecular complexity index is 466. The number of aliphatic hydroxyl groups excluding tert-OH is 1. The lowest BCUT2D eigenvalue weighted by atomic mass is 9.99. The minimum atomic E-state index is -1.30. The van der Waals surface area contributed by atoms with Crippen LogP contribution < -0.4 is 10.6 Å². The molecule has 0 saturated carbocycles. The fourth-order valence-electron chi connectivity index (χ4n) is 1.90. The lowest BCUT2D eigenvalue weighted by Crippen LogP contribution is -2.48. The number of carbonyl (C=O) groups is 4. The molecule has 1 saturated heterocycles. The zero-order valence-corrected chi connectivity index (χ0v) is 11.9. The van der Waals surface area contributed by atoms with Crippen molar-refractivity contribution >= 4 is 23.8 Å². The molecule has 4 amide bonds. The maximum Gasteiger partial charge on any atom is 0.326 e. The fraction of sp³-hybridized carbons (Fsp3) is 0.667. The molecule has 4 N–H and O–H groups in total. The summed E-state index contributed by atoms with van der Waals surface area (Å²) in [6.45, 7) is 2.31. The number of rotatable bonds is 7. The van der Waals surface area contributed by atoms with Gasteiger partial charge in [-0.1, -0.05) is 6.92 Å². The van der Waals surface area contributed by atoms with Crippen molar-refractivity contribution < 1.29 is 29.4 Å². The van der Waals surface area contributed by atoms with Gasteiger partial charge in [0.05, 0.1) is 0 Å². The van der Waals surface area contributed by atoms with E-state index in [1.165, 1.54) is 0 Å². The van der Waals surface area contributed by atoms with E-state index in [0.29, 0.717) is 6.42 Å². The molecule has 0 bridgehead atoms. The number of urea groups is 1. The normalized spacial score (nSPS) is 22.9. The van der Waals surface area contributed by atoms with E-state index in [4.69, 9.17) is 10.2 Å². The number of aliphatic carboxylic acids is 1. The van der Waals surface area contributed by atoms with Gasteiger partial charge < -0.3 is 20.8 Å². The third-order valence-corrected chi connectivity index (χ3v) is 3.41. The number of carbonyl (C=O) groups excluding carboxylic acids is 3. The molecular weight excluding hydrogens is 282 g/mol. The maximum atomic E-state index is 12.1. The van der Waals surface area contributed by atoms with Crippen molar-refractivity contribution in [3.8, 4) is 0 Å². The van der Waals surface area contributed by atoms with Gasteiger partial charge in [0, 0.05) is 13.0 Å². The topological polar surface area (TPSA) is 136 Å². The Balaban J connectivity index is 2.69. The van der Waals surface area contributed by atoms with Crippen molar-refractivity contribution in [1.82, 2.24) is 15.5 Å². The molecule has 0 aromatic carbocycles. The van der Waals surface area contributed by atoms with Gasteiger partial charge in [0.1, 0.15) is 18.1 Å². The maximum absolute atomic E-state index is 12.1. The van der Waals surface area contributed by atoms with Gasteiger partial charge in [0.25, 0.3) is 5.91 Å². The number of hydrogen-bond acceptors (Lipinski definition) is 5. The number of imide groups is 1. The molecule has 21 heavy (non-hydrogen) atoms. The van der Waals surface area contributed by atoms with Crippen LogP contribution in [0.15, 0.2) is 0 Å². The molecular formula is C12H19N3O6. The lowest BCUT2D eigenvalue weighted by molar-refractivity contribution is -0.142. The molecule has 2 atom stereocenters. The van der Waals surface area contributed by atoms with Crippen LogP contribution in [0.1, 0.15) is 26.7 Å². The highest BCUT2D eigenvalue weighted by molar-refractivity contribution is 6.08. The average molecular weight is 301 g/mol. The average Bonchev–Trinajstić information content (AvgIpc) is 2.62. The third kappa shape index (κ3) is 3.69. The lowest BCUT2D eigenvalue weighted by Gasteiger charge is -2.19. The van der Waals surface area contributed by atoms with Gasteiger partial charge >= 0.3 is 12.0 Å². The van der Waals surface area contributed by atoms with Crippen LogP contribution in [0.2, 0.25) is 0 Å². The van der Waals surface area contributed by atoms with Crippen LogP contribution >= 0.6 is 0 Å². The van der Waals surface area contributed by atoms with Crippen LogP contribution in [-0.2, 0) is 14.4 Å². The summed E-state index contributed by atoms with van der Waals surface area (Å²) in [5.74, 6) is -2.60. The van der Waals surface area contributed by atoms with Crippen molar-refractivity contribution in [3.05, 3.63) is 0 Å². The fourth-order valence-corrected chi connectivity index (χ4v) is 1.90. The van der Waals surface area contributed by atoms with E-state index in [2.05, 4.69) is 10.6 Å². The number of carboxylic acid groups (broad SMARTS) is 1. The second-order valence-corrected chi connectivity index (χ2v) is 4.98. The van der Waals surface area contributed by atoms with Crippen LogP contribution in [0.25, 0.3) is 0 Å². The monoisotopic (exact) mass is 301 g/mol. The second-order valence-electron chi connectivity index (χ2n) is 4.98. The van der Waals surface area contributed by atoms with Crippen LogP contribution in [0, 0.1) is 0 Å². The van der Waals surface area contributed by atoms with E-state index in [1.807, 2.05) is 0 Å². The number of aliphatic hydroxyl groups is 1. The summed E-state index contributed by atoms with van der Waals surface area (Å²) in [7, 11) is 0. The van der Waals surface area contributed by atoms with Gasteiger partial charge in [-0.3, -0.25) is 14.5 Å². The Morgan fingerprint density at radius 3 is 2.48 bits per heavy atom. The summed E-state index contributed by atoms with van der Waals surface area (Å²) in [5.41, 5.74) is -1.05. The second kappa shape index (κ2) is 6.53. The molecule has 1 fully saturated rings. The molecule has 9 nitrogen and oxygen atoms in total. The number of nitrogens with zero attached hydrogens (tertiary/aromatic N) is 1. The number of amides is 4. The highest BCUT2D eigenvalue weighted by Gasteiger charge is 2.47. The first-order valence-electron chi connectivity index (χ1n) is 6.52. The zero-order valence-electron chi connectivity index (χ0n) is 11.9. The SMILES string of the molecule is CCC1(C)NC(=O)N(CC(=O)NC(CCO)C(=O)O)C1=O. The molecule has 9 heteroatoms. The van der Waals surface area contributed by atoms with E-state index >= 15 is 0 Å². The first kappa shape index (κ1) is 16.9. The van der Waals surface area contributed by atoms with Gasteiger partial charge in [-0.2, -0.15) is 0 Å². The van der Waals surface area contributed by atoms with Crippen LogP contribution in [0.4, 0.5) is 4.79 Å². The summed E-state index contributed by atoms with van der Waals surface area (Å²) in [4.78, 5) is 47.1. The first-order chi connectivity index (χ1) is 9.75. The van der Waals surface area contributed by atoms with E-state index < -0.39 is 48.5 Å². The Kier molecular flexibility index (Phi) is 5.25. The minimum absolute atomic E-state index is 0.159. The van der Waals surface area contributed by atoms with E-state index in [9.17, 15) is 19.2 Å². The van der Waals surface area contributed by atoms with E-state index in [1.54, 1.807) is 13.8 Å². The molecule has 118 valence electrons. The summed E-state index contributed by atoms with van der Waals surface area (Å²) in [5, 5.41) is 22.2. The van der Waals surface area contributed by atoms with E-state index in [0.717, 1.165) is 4.90 Å². The third-order valence-electron chi connectivity index (χ3n) is 3.41. The van der Waals surface area contributed by atoms with Crippen molar-refractivity contribution in [2.24, 2.45) is 0 Å². The smallest absolute Gasteiger partial charge is 0.326 e. The highest BCUT2D eigenvalue weighted by atomic mass is 16.4. The van der Waals surface area contributed by atoms with Gasteiger partial charge in [-0.15, -0.1) is 0 Å². The summed E-state index contributed by atoms with van der Waals surface area (Å²) >= 11 is 0. The standard InChI is InChI=1S/C12H19N3O6/c1-3-12(2)10(20)15(11(21)14-12)6-8(17)13-7(4-5-16)9(18)19/h7,16H,3-6H2,1-2H3,(H,13,17)(H,14,21)(H,18,19). The Morgan fingerprint density at radius 1 is 1.43 bits per heavy atom. The Morgan fingerprint density at radius 2 is 2.05 bits per heavy atom. The minimum Gasteiger partial charge on any atom is -0.480 e. The largest absolute Gasteiger partial charge is 0.480 e. The Labute approximate surface area is 121 Å². The molecule has 2 unspecified atom stereocenters. The van der Waals surface area contributed by atoms with Gasteiger partial charge in [-0.25, -0.2) is 9.59 Å². The highest BCUT2D eigenvalue weighted by Crippen LogP contribution is 2.20. The first-order valence-corrected chi connectivity index (χ1v) is 6.52. The molecule has 0 radical (unpaired) electrons. The summed E-state index contributed by atoms with van der Waals surface area (Å²) in [6, 6.07) is -1.95. The molecule has 1 heterocycles. The van der Waals surface area contributed by atoms with Gasteiger partial charge in [0.2, 0.25) is 5.91 Å². The summed E-state index contributed by atoms with van der Waals surface area (Å²) < 4.78 is 0. The summed E-state index contributed by atoms with van der Waals surface area (Å²) in [6.07, 6.45) is 0.214. The van der Waals surface area contributed by atoms with E-state index in [-0.39, 0.29) is 6.42 Å². The predicted molar refractivity (Wildman–Crippen MR) is 70.2 cm³/mol. The molecule has 0 aliphatic carbocycles. The van der Waals surface area contributed by atoms with Crippen molar-refractivity contribution in [1.29, 1.82) is 0 Å². The molecule has 0 aromatic rings. The van der Waals surface area contributed by atoms with Gasteiger partial charge in [0.15, 0.2) is 0 Å². The molecule has 0 aromatic heterocycles. The predicted octanol–water partition coefficient (Wildman–Crippen LogP) is -1.34. The quantitative estimate of drug-likeness (QED) is 0.430. The Hall–Kier alpha value is -2.16. The van der Waals surface area contributed by atoms with Crippen molar-refractivity contribution in [2.45, 2.75) is 38.3 Å². The number of carboxylic acids is 1. The number of hydrogen-bond donors (Lipinski definition) is 4. The van der Waals surface area contributed by atoms with Crippen LogP contribution in [0.3, 0.4) is 0 Å². The molecule has 1 aliphatic heterocycles. The molecule has 1 aliphatic rings. The zero-order chi connectivity index (χ0) is 16.2. The van der Waals surface area contributed by atoms with Crippen LogP contribution in [0.5, 0.6) is 0 Å². The number of nitrogens with one attached hydrogen (secondary N) is 2.